The maximum absolute atomic E-state index is 5.99. The molecule has 1 saturated heterocycles. The minimum atomic E-state index is 0.124. The van der Waals surface area contributed by atoms with E-state index in [9.17, 15) is 0 Å². The summed E-state index contributed by atoms with van der Waals surface area (Å²) in [7, 11) is 0. The van der Waals surface area contributed by atoms with Crippen LogP contribution in [-0.4, -0.2) is 32.4 Å². The second-order valence-electron chi connectivity index (χ2n) is 7.14. The Morgan fingerprint density at radius 1 is 1.23 bits per heavy atom. The summed E-state index contributed by atoms with van der Waals surface area (Å²) >= 11 is 0. The lowest BCUT2D eigenvalue weighted by Gasteiger charge is -2.22. The Morgan fingerprint density at radius 3 is 2.77 bits per heavy atom. The van der Waals surface area contributed by atoms with Gasteiger partial charge in [-0.1, -0.05) is 39.0 Å². The molecule has 22 heavy (non-hydrogen) atoms. The fraction of sp³-hybridized carbons (Fsp3) is 0.684. The minimum Gasteiger partial charge on any atom is -0.493 e. The topological polar surface area (TPSA) is 30.5 Å². The number of benzene rings is 1. The number of nitrogens with one attached hydrogen (secondary N) is 1. The monoisotopic (exact) mass is 305 g/mol. The van der Waals surface area contributed by atoms with Gasteiger partial charge in [-0.05, 0) is 49.3 Å². The Kier molecular flexibility index (Phi) is 6.71. The van der Waals surface area contributed by atoms with Gasteiger partial charge in [0.25, 0.3) is 0 Å². The van der Waals surface area contributed by atoms with E-state index >= 15 is 0 Å². The minimum absolute atomic E-state index is 0.124. The molecule has 0 spiro atoms. The van der Waals surface area contributed by atoms with Crippen LogP contribution in [0, 0.1) is 0 Å². The number of ether oxygens (including phenoxy) is 2. The summed E-state index contributed by atoms with van der Waals surface area (Å²) in [6, 6.07) is 8.38. The lowest BCUT2D eigenvalue weighted by Crippen LogP contribution is -2.27. The van der Waals surface area contributed by atoms with Crippen LogP contribution in [0.3, 0.4) is 0 Å². The van der Waals surface area contributed by atoms with Gasteiger partial charge in [0.1, 0.15) is 5.75 Å². The molecule has 1 aromatic rings. The fourth-order valence-corrected chi connectivity index (χ4v) is 2.81. The number of unbranched alkanes of at least 4 members (excludes halogenated alkanes) is 1. The third-order valence-electron chi connectivity index (χ3n) is 4.10. The Balaban J connectivity index is 1.60. The lowest BCUT2D eigenvalue weighted by atomic mass is 9.86. The fourth-order valence-electron chi connectivity index (χ4n) is 2.81. The molecule has 0 aromatic heterocycles. The van der Waals surface area contributed by atoms with E-state index in [0.717, 1.165) is 44.9 Å². The van der Waals surface area contributed by atoms with Gasteiger partial charge in [-0.25, -0.2) is 0 Å². The van der Waals surface area contributed by atoms with Crippen LogP contribution < -0.4 is 10.1 Å². The first-order valence-electron chi connectivity index (χ1n) is 8.62. The average molecular weight is 305 g/mol. The zero-order valence-corrected chi connectivity index (χ0v) is 14.4. The third kappa shape index (κ3) is 5.62. The van der Waals surface area contributed by atoms with Gasteiger partial charge < -0.3 is 14.8 Å². The van der Waals surface area contributed by atoms with Crippen molar-refractivity contribution in [2.45, 2.75) is 58.0 Å². The van der Waals surface area contributed by atoms with Crippen LogP contribution in [0.15, 0.2) is 24.3 Å². The molecule has 1 aromatic carbocycles. The number of hydrogen-bond donors (Lipinski definition) is 1. The molecule has 3 heteroatoms. The van der Waals surface area contributed by atoms with Gasteiger partial charge in [-0.3, -0.25) is 0 Å². The molecule has 0 aliphatic carbocycles. The molecule has 1 N–H and O–H groups in total. The van der Waals surface area contributed by atoms with E-state index in [-0.39, 0.29) is 5.41 Å². The summed E-state index contributed by atoms with van der Waals surface area (Å²) in [4.78, 5) is 0. The van der Waals surface area contributed by atoms with Crippen LogP contribution in [0.25, 0.3) is 0 Å². The van der Waals surface area contributed by atoms with Crippen molar-refractivity contribution in [1.29, 1.82) is 0 Å². The quantitative estimate of drug-likeness (QED) is 0.739. The van der Waals surface area contributed by atoms with E-state index in [2.05, 4.69) is 44.3 Å². The maximum atomic E-state index is 5.99. The predicted octanol–water partition coefficient (Wildman–Crippen LogP) is 3.91. The van der Waals surface area contributed by atoms with Crippen molar-refractivity contribution in [2.24, 2.45) is 0 Å². The molecule has 0 saturated carbocycles. The van der Waals surface area contributed by atoms with Gasteiger partial charge in [-0.15, -0.1) is 0 Å². The molecule has 2 rings (SSSR count). The highest BCUT2D eigenvalue weighted by molar-refractivity contribution is 5.38. The summed E-state index contributed by atoms with van der Waals surface area (Å²) in [6.45, 7) is 10.4. The first kappa shape index (κ1) is 17.3. The third-order valence-corrected chi connectivity index (χ3v) is 4.10. The molecule has 3 nitrogen and oxygen atoms in total. The van der Waals surface area contributed by atoms with Gasteiger partial charge in [-0.2, -0.15) is 0 Å². The van der Waals surface area contributed by atoms with Crippen molar-refractivity contribution in [3.05, 3.63) is 29.8 Å². The van der Waals surface area contributed by atoms with Crippen molar-refractivity contribution >= 4 is 0 Å². The van der Waals surface area contributed by atoms with E-state index in [1.165, 1.54) is 18.4 Å². The van der Waals surface area contributed by atoms with Gasteiger partial charge in [0.15, 0.2) is 0 Å². The maximum Gasteiger partial charge on any atom is 0.123 e. The molecule has 1 atom stereocenters. The number of rotatable bonds is 8. The largest absolute Gasteiger partial charge is 0.493 e. The first-order chi connectivity index (χ1) is 10.6. The van der Waals surface area contributed by atoms with Gasteiger partial charge >= 0.3 is 0 Å². The van der Waals surface area contributed by atoms with Crippen molar-refractivity contribution in [1.82, 2.24) is 5.32 Å². The highest BCUT2D eigenvalue weighted by Crippen LogP contribution is 2.30. The lowest BCUT2D eigenvalue weighted by molar-refractivity contribution is 0.110. The Labute approximate surface area is 135 Å². The number of hydrogen-bond acceptors (Lipinski definition) is 3. The molecule has 124 valence electrons. The molecule has 0 amide bonds. The van der Waals surface area contributed by atoms with Gasteiger partial charge in [0.05, 0.1) is 12.7 Å². The van der Waals surface area contributed by atoms with Crippen molar-refractivity contribution in [2.75, 3.05) is 26.3 Å². The van der Waals surface area contributed by atoms with Crippen LogP contribution in [-0.2, 0) is 10.2 Å². The van der Waals surface area contributed by atoms with Gasteiger partial charge in [0.2, 0.25) is 0 Å². The first-order valence-corrected chi connectivity index (χ1v) is 8.62. The van der Waals surface area contributed by atoms with Crippen molar-refractivity contribution in [3.63, 3.8) is 0 Å². The summed E-state index contributed by atoms with van der Waals surface area (Å²) in [5.74, 6) is 1.03. The molecule has 1 aliphatic rings. The molecule has 1 heterocycles. The van der Waals surface area contributed by atoms with Gasteiger partial charge in [0, 0.05) is 13.2 Å². The Bertz CT molecular complexity index is 433. The molecule has 1 fully saturated rings. The zero-order valence-electron chi connectivity index (χ0n) is 14.4. The van der Waals surface area contributed by atoms with Crippen LogP contribution in [0.1, 0.15) is 52.0 Å². The van der Waals surface area contributed by atoms with Crippen molar-refractivity contribution < 1.29 is 9.47 Å². The van der Waals surface area contributed by atoms with Crippen LogP contribution >= 0.6 is 0 Å². The Hall–Kier alpha value is -1.06. The molecular weight excluding hydrogens is 274 g/mol. The second-order valence-corrected chi connectivity index (χ2v) is 7.14. The number of para-hydroxylation sites is 1. The zero-order chi connectivity index (χ0) is 15.8. The highest BCUT2D eigenvalue weighted by atomic mass is 16.5. The van der Waals surface area contributed by atoms with Crippen LogP contribution in [0.5, 0.6) is 5.75 Å². The highest BCUT2D eigenvalue weighted by Gasteiger charge is 2.18. The summed E-state index contributed by atoms with van der Waals surface area (Å²) < 4.78 is 11.6. The second kappa shape index (κ2) is 8.54. The van der Waals surface area contributed by atoms with E-state index in [1.807, 2.05) is 6.07 Å². The van der Waals surface area contributed by atoms with Crippen LogP contribution in [0.4, 0.5) is 0 Å². The molecule has 0 bridgehead atoms. The molecular formula is C19H31NO2. The van der Waals surface area contributed by atoms with E-state index in [4.69, 9.17) is 9.47 Å². The summed E-state index contributed by atoms with van der Waals surface area (Å²) in [5.41, 5.74) is 1.41. The SMILES string of the molecule is CC(C)(C)c1ccccc1OCCCCNCC1CCCO1. The molecule has 0 radical (unpaired) electrons. The van der Waals surface area contributed by atoms with Crippen LogP contribution in [0.2, 0.25) is 0 Å². The van der Waals surface area contributed by atoms with E-state index < -0.39 is 0 Å². The van der Waals surface area contributed by atoms with Crippen molar-refractivity contribution in [3.8, 4) is 5.75 Å². The Morgan fingerprint density at radius 2 is 2.05 bits per heavy atom. The smallest absolute Gasteiger partial charge is 0.123 e. The molecule has 1 aliphatic heterocycles. The summed E-state index contributed by atoms with van der Waals surface area (Å²) in [5, 5.41) is 3.48. The summed E-state index contributed by atoms with van der Waals surface area (Å²) in [6.07, 6.45) is 5.09. The normalized spacial score (nSPS) is 18.6. The predicted molar refractivity (Wildman–Crippen MR) is 91.7 cm³/mol. The standard InChI is InChI=1S/C19H31NO2/c1-19(2,3)17-10-4-5-11-18(17)22-13-7-6-12-20-15-16-9-8-14-21-16/h4-5,10-11,16,20H,6-9,12-15H2,1-3H3. The van der Waals surface area contributed by atoms with E-state index in [0.29, 0.717) is 6.10 Å². The molecule has 1 unspecified atom stereocenters. The van der Waals surface area contributed by atoms with E-state index in [1.54, 1.807) is 0 Å². The average Bonchev–Trinajstić information content (AvgIpc) is 2.99.